The largest absolute Gasteiger partial charge is 0.504 e. The van der Waals surface area contributed by atoms with E-state index in [1.165, 1.54) is 18.2 Å². The van der Waals surface area contributed by atoms with Crippen LogP contribution in [0.4, 0.5) is 5.69 Å². The van der Waals surface area contributed by atoms with Crippen molar-refractivity contribution in [3.63, 3.8) is 0 Å². The molecule has 0 fully saturated rings. The molecule has 0 aromatic heterocycles. The number of unbranched alkanes of at least 4 members (excludes halogenated alkanes) is 3. The molecular weight excluding hydrogens is 272 g/mol. The molecule has 0 aliphatic carbocycles. The van der Waals surface area contributed by atoms with Gasteiger partial charge in [0.2, 0.25) is 11.8 Å². The molecule has 0 unspecified atom stereocenters. The molecule has 4 N–H and O–H groups in total. The Balaban J connectivity index is 2.29. The minimum absolute atomic E-state index is 0.266. The summed E-state index contributed by atoms with van der Waals surface area (Å²) < 4.78 is 0. The van der Waals surface area contributed by atoms with Crippen molar-refractivity contribution in [2.24, 2.45) is 0 Å². The molecule has 21 heavy (non-hydrogen) atoms. The summed E-state index contributed by atoms with van der Waals surface area (Å²) in [6.07, 6.45) is 3.98. The number of aromatic hydroxyl groups is 2. The van der Waals surface area contributed by atoms with Gasteiger partial charge in [0, 0.05) is 18.3 Å². The molecule has 6 nitrogen and oxygen atoms in total. The van der Waals surface area contributed by atoms with Gasteiger partial charge in [0.1, 0.15) is 6.42 Å². The van der Waals surface area contributed by atoms with Crippen LogP contribution in [0.15, 0.2) is 18.2 Å². The number of carbonyl (C=O) groups is 2. The number of anilines is 1. The molecule has 0 aliphatic rings. The van der Waals surface area contributed by atoms with Crippen molar-refractivity contribution >= 4 is 17.5 Å². The van der Waals surface area contributed by atoms with Crippen molar-refractivity contribution in [1.29, 1.82) is 0 Å². The van der Waals surface area contributed by atoms with Gasteiger partial charge in [0.15, 0.2) is 11.5 Å². The molecule has 0 atom stereocenters. The number of amides is 2. The molecule has 2 amide bonds. The SMILES string of the molecule is CCCCCCNC(=O)CC(=O)Nc1ccc(O)c(O)c1. The fraction of sp³-hybridized carbons (Fsp3) is 0.467. The van der Waals surface area contributed by atoms with Crippen LogP contribution in [-0.2, 0) is 9.59 Å². The van der Waals surface area contributed by atoms with Gasteiger partial charge in [-0.05, 0) is 18.6 Å². The maximum atomic E-state index is 11.6. The minimum atomic E-state index is -0.467. The van der Waals surface area contributed by atoms with Gasteiger partial charge in [-0.1, -0.05) is 26.2 Å². The summed E-state index contributed by atoms with van der Waals surface area (Å²) in [6.45, 7) is 2.69. The molecule has 0 bridgehead atoms. The molecule has 1 aromatic carbocycles. The number of hydrogen-bond donors (Lipinski definition) is 4. The van der Waals surface area contributed by atoms with Crippen molar-refractivity contribution in [2.75, 3.05) is 11.9 Å². The first kappa shape index (κ1) is 16.8. The minimum Gasteiger partial charge on any atom is -0.504 e. The third kappa shape index (κ3) is 6.65. The van der Waals surface area contributed by atoms with E-state index in [0.717, 1.165) is 25.7 Å². The zero-order valence-corrected chi connectivity index (χ0v) is 12.2. The van der Waals surface area contributed by atoms with Crippen LogP contribution in [0.5, 0.6) is 11.5 Å². The predicted molar refractivity (Wildman–Crippen MR) is 80.2 cm³/mol. The number of phenols is 2. The Bertz CT molecular complexity index is 489. The molecule has 0 aliphatic heterocycles. The standard InChI is InChI=1S/C15H22N2O4/c1-2-3-4-5-8-16-14(20)10-15(21)17-11-6-7-12(18)13(19)9-11/h6-7,9,18-19H,2-5,8,10H2,1H3,(H,16,20)(H,17,21). The van der Waals surface area contributed by atoms with Crippen molar-refractivity contribution < 1.29 is 19.8 Å². The summed E-state index contributed by atoms with van der Waals surface area (Å²) in [6, 6.07) is 3.92. The van der Waals surface area contributed by atoms with Gasteiger partial charge in [0.05, 0.1) is 0 Å². The van der Waals surface area contributed by atoms with Crippen LogP contribution >= 0.6 is 0 Å². The zero-order valence-electron chi connectivity index (χ0n) is 12.2. The highest BCUT2D eigenvalue weighted by Crippen LogP contribution is 2.27. The molecular formula is C15H22N2O4. The third-order valence-electron chi connectivity index (χ3n) is 2.93. The molecule has 116 valence electrons. The summed E-state index contributed by atoms with van der Waals surface area (Å²) >= 11 is 0. The van der Waals surface area contributed by atoms with E-state index in [-0.39, 0.29) is 23.8 Å². The fourth-order valence-corrected chi connectivity index (χ4v) is 1.79. The highest BCUT2D eigenvalue weighted by Gasteiger charge is 2.10. The van der Waals surface area contributed by atoms with E-state index in [0.29, 0.717) is 12.2 Å². The van der Waals surface area contributed by atoms with E-state index in [1.54, 1.807) is 0 Å². The third-order valence-corrected chi connectivity index (χ3v) is 2.93. The summed E-state index contributed by atoms with van der Waals surface area (Å²) in [5, 5.41) is 23.6. The van der Waals surface area contributed by atoms with E-state index < -0.39 is 5.91 Å². The molecule has 6 heteroatoms. The van der Waals surface area contributed by atoms with Gasteiger partial charge in [-0.3, -0.25) is 9.59 Å². The van der Waals surface area contributed by atoms with Gasteiger partial charge in [-0.2, -0.15) is 0 Å². The Kier molecular flexibility index (Phi) is 7.08. The Morgan fingerprint density at radius 3 is 2.48 bits per heavy atom. The monoisotopic (exact) mass is 294 g/mol. The zero-order chi connectivity index (χ0) is 15.7. The summed E-state index contributed by atoms with van der Waals surface area (Å²) in [7, 11) is 0. The van der Waals surface area contributed by atoms with Gasteiger partial charge in [-0.25, -0.2) is 0 Å². The number of phenolic OH excluding ortho intramolecular Hbond substituents is 2. The first-order chi connectivity index (χ1) is 10.0. The number of rotatable bonds is 8. The van der Waals surface area contributed by atoms with Crippen LogP contribution < -0.4 is 10.6 Å². The molecule has 0 saturated heterocycles. The normalized spacial score (nSPS) is 10.1. The highest BCUT2D eigenvalue weighted by atomic mass is 16.3. The van der Waals surface area contributed by atoms with E-state index in [1.807, 2.05) is 0 Å². The Labute approximate surface area is 124 Å². The van der Waals surface area contributed by atoms with Gasteiger partial charge in [-0.15, -0.1) is 0 Å². The number of carbonyl (C=O) groups excluding carboxylic acids is 2. The smallest absolute Gasteiger partial charge is 0.233 e. The van der Waals surface area contributed by atoms with Crippen LogP contribution in [0.3, 0.4) is 0 Å². The lowest BCUT2D eigenvalue weighted by molar-refractivity contribution is -0.126. The Morgan fingerprint density at radius 1 is 1.05 bits per heavy atom. The Morgan fingerprint density at radius 2 is 1.81 bits per heavy atom. The van der Waals surface area contributed by atoms with Crippen molar-refractivity contribution in [3.05, 3.63) is 18.2 Å². The first-order valence-corrected chi connectivity index (χ1v) is 7.11. The average molecular weight is 294 g/mol. The van der Waals surface area contributed by atoms with Crippen molar-refractivity contribution in [1.82, 2.24) is 5.32 Å². The molecule has 0 spiro atoms. The number of nitrogens with one attached hydrogen (secondary N) is 2. The maximum Gasteiger partial charge on any atom is 0.233 e. The van der Waals surface area contributed by atoms with Crippen LogP contribution in [0, 0.1) is 0 Å². The lowest BCUT2D eigenvalue weighted by Crippen LogP contribution is -2.28. The van der Waals surface area contributed by atoms with E-state index in [2.05, 4.69) is 17.6 Å². The summed E-state index contributed by atoms with van der Waals surface area (Å²) in [5.41, 5.74) is 0.325. The molecule has 1 rings (SSSR count). The van der Waals surface area contributed by atoms with E-state index in [9.17, 15) is 14.7 Å². The number of benzene rings is 1. The van der Waals surface area contributed by atoms with Crippen LogP contribution in [-0.4, -0.2) is 28.6 Å². The highest BCUT2D eigenvalue weighted by molar-refractivity contribution is 6.03. The van der Waals surface area contributed by atoms with Gasteiger partial charge >= 0.3 is 0 Å². The number of hydrogen-bond acceptors (Lipinski definition) is 4. The molecule has 1 aromatic rings. The summed E-state index contributed by atoms with van der Waals surface area (Å²) in [5.74, 6) is -1.39. The van der Waals surface area contributed by atoms with E-state index in [4.69, 9.17) is 5.11 Å². The van der Waals surface area contributed by atoms with Crippen molar-refractivity contribution in [3.8, 4) is 11.5 Å². The Hall–Kier alpha value is -2.24. The van der Waals surface area contributed by atoms with E-state index >= 15 is 0 Å². The summed E-state index contributed by atoms with van der Waals surface area (Å²) in [4.78, 5) is 23.2. The van der Waals surface area contributed by atoms with Crippen LogP contribution in [0.2, 0.25) is 0 Å². The van der Waals surface area contributed by atoms with Crippen molar-refractivity contribution in [2.45, 2.75) is 39.0 Å². The van der Waals surface area contributed by atoms with Crippen LogP contribution in [0.1, 0.15) is 39.0 Å². The van der Waals surface area contributed by atoms with Gasteiger partial charge in [0.25, 0.3) is 0 Å². The second-order valence-electron chi connectivity index (χ2n) is 4.84. The van der Waals surface area contributed by atoms with Gasteiger partial charge < -0.3 is 20.8 Å². The second-order valence-corrected chi connectivity index (χ2v) is 4.84. The maximum absolute atomic E-state index is 11.6. The second kappa shape index (κ2) is 8.84. The molecule has 0 heterocycles. The topological polar surface area (TPSA) is 98.7 Å². The quantitative estimate of drug-likeness (QED) is 0.255. The lowest BCUT2D eigenvalue weighted by Gasteiger charge is -2.07. The first-order valence-electron chi connectivity index (χ1n) is 7.11. The average Bonchev–Trinajstić information content (AvgIpc) is 2.42. The molecule has 0 radical (unpaired) electrons. The lowest BCUT2D eigenvalue weighted by atomic mass is 10.2. The van der Waals surface area contributed by atoms with Crippen LogP contribution in [0.25, 0.3) is 0 Å². The molecule has 0 saturated carbocycles. The predicted octanol–water partition coefficient (Wildman–Crippen LogP) is 2.12. The fourth-order valence-electron chi connectivity index (χ4n) is 1.79.